The van der Waals surface area contributed by atoms with Gasteiger partial charge in [0.2, 0.25) is 5.91 Å². The third-order valence-electron chi connectivity index (χ3n) is 3.88. The molecular formula is C12H20BrNO. The topological polar surface area (TPSA) is 29.1 Å². The van der Waals surface area contributed by atoms with Gasteiger partial charge in [0, 0.05) is 17.3 Å². The predicted octanol–water partition coefficient (Wildman–Crippen LogP) is 2.71. The zero-order valence-electron chi connectivity index (χ0n) is 9.34. The van der Waals surface area contributed by atoms with Crippen molar-refractivity contribution in [2.45, 2.75) is 45.1 Å². The molecule has 3 heteroatoms. The summed E-state index contributed by atoms with van der Waals surface area (Å²) in [5, 5.41) is 4.27. The second-order valence-corrected chi connectivity index (χ2v) is 5.78. The summed E-state index contributed by atoms with van der Waals surface area (Å²) in [4.78, 5) is 11.8. The number of amides is 1. The van der Waals surface area contributed by atoms with Gasteiger partial charge in [-0.15, -0.1) is 0 Å². The number of carbonyl (C=O) groups is 1. The molecule has 0 saturated heterocycles. The number of nitrogens with one attached hydrogen (secondary N) is 1. The number of carbonyl (C=O) groups excluding carboxylic acids is 1. The van der Waals surface area contributed by atoms with Crippen molar-refractivity contribution < 1.29 is 4.79 Å². The van der Waals surface area contributed by atoms with Crippen molar-refractivity contribution in [2.75, 3.05) is 5.33 Å². The monoisotopic (exact) mass is 273 g/mol. The van der Waals surface area contributed by atoms with Crippen molar-refractivity contribution in [1.29, 1.82) is 0 Å². The second kappa shape index (κ2) is 4.86. The van der Waals surface area contributed by atoms with E-state index in [-0.39, 0.29) is 0 Å². The van der Waals surface area contributed by atoms with Crippen LogP contribution in [0.1, 0.15) is 39.0 Å². The molecule has 0 bridgehead atoms. The molecule has 2 aliphatic rings. The van der Waals surface area contributed by atoms with E-state index in [0.29, 0.717) is 29.7 Å². The van der Waals surface area contributed by atoms with Crippen molar-refractivity contribution in [2.24, 2.45) is 17.8 Å². The van der Waals surface area contributed by atoms with Gasteiger partial charge in [-0.3, -0.25) is 4.79 Å². The minimum Gasteiger partial charge on any atom is -0.353 e. The van der Waals surface area contributed by atoms with Gasteiger partial charge in [-0.2, -0.15) is 0 Å². The SMILES string of the molecule is CC1CC1C(=O)NC1CCCCC1CBr. The molecule has 2 saturated carbocycles. The van der Waals surface area contributed by atoms with Crippen molar-refractivity contribution >= 4 is 21.8 Å². The number of halogens is 1. The summed E-state index contributed by atoms with van der Waals surface area (Å²) in [6.45, 7) is 2.16. The Hall–Kier alpha value is -0.0500. The third kappa shape index (κ3) is 2.74. The van der Waals surface area contributed by atoms with E-state index in [9.17, 15) is 4.79 Å². The lowest BCUT2D eigenvalue weighted by Crippen LogP contribution is -2.43. The van der Waals surface area contributed by atoms with Crippen LogP contribution in [-0.2, 0) is 4.79 Å². The molecule has 0 aromatic heterocycles. The molecule has 2 nitrogen and oxygen atoms in total. The fourth-order valence-electron chi connectivity index (χ4n) is 2.56. The molecule has 2 rings (SSSR count). The van der Waals surface area contributed by atoms with Crippen LogP contribution in [0.2, 0.25) is 0 Å². The van der Waals surface area contributed by atoms with E-state index in [1.165, 1.54) is 25.7 Å². The molecular weight excluding hydrogens is 254 g/mol. The van der Waals surface area contributed by atoms with Gasteiger partial charge in [0.05, 0.1) is 0 Å². The smallest absolute Gasteiger partial charge is 0.223 e. The second-order valence-electron chi connectivity index (χ2n) is 5.13. The molecule has 1 amide bonds. The van der Waals surface area contributed by atoms with Crippen LogP contribution >= 0.6 is 15.9 Å². The first kappa shape index (κ1) is 11.4. The Balaban J connectivity index is 1.83. The molecule has 86 valence electrons. The highest BCUT2D eigenvalue weighted by molar-refractivity contribution is 9.09. The molecule has 0 aromatic rings. The maximum absolute atomic E-state index is 11.8. The van der Waals surface area contributed by atoms with E-state index in [4.69, 9.17) is 0 Å². The van der Waals surface area contributed by atoms with Crippen molar-refractivity contribution in [1.82, 2.24) is 5.32 Å². The van der Waals surface area contributed by atoms with Gasteiger partial charge in [0.15, 0.2) is 0 Å². The van der Waals surface area contributed by atoms with Gasteiger partial charge < -0.3 is 5.32 Å². The quantitative estimate of drug-likeness (QED) is 0.788. The van der Waals surface area contributed by atoms with E-state index in [0.717, 1.165) is 11.8 Å². The molecule has 2 aliphatic carbocycles. The zero-order chi connectivity index (χ0) is 10.8. The first-order valence-corrected chi connectivity index (χ1v) is 7.21. The largest absolute Gasteiger partial charge is 0.353 e. The Kier molecular flexibility index (Phi) is 3.70. The molecule has 4 atom stereocenters. The maximum atomic E-state index is 11.8. The van der Waals surface area contributed by atoms with Gasteiger partial charge in [0.25, 0.3) is 0 Å². The van der Waals surface area contributed by atoms with Crippen LogP contribution in [0.5, 0.6) is 0 Å². The van der Waals surface area contributed by atoms with Crippen LogP contribution in [0.3, 0.4) is 0 Å². The highest BCUT2D eigenvalue weighted by atomic mass is 79.9. The fraction of sp³-hybridized carbons (Fsp3) is 0.917. The van der Waals surface area contributed by atoms with E-state index >= 15 is 0 Å². The molecule has 2 fully saturated rings. The van der Waals surface area contributed by atoms with Crippen molar-refractivity contribution in [3.63, 3.8) is 0 Å². The first-order valence-electron chi connectivity index (χ1n) is 6.08. The number of alkyl halides is 1. The molecule has 0 heterocycles. The Morgan fingerprint density at radius 3 is 2.67 bits per heavy atom. The molecule has 0 spiro atoms. The summed E-state index contributed by atoms with van der Waals surface area (Å²) in [7, 11) is 0. The van der Waals surface area contributed by atoms with E-state index in [1.807, 2.05) is 0 Å². The van der Waals surface area contributed by atoms with Gasteiger partial charge in [0.1, 0.15) is 0 Å². The Labute approximate surface area is 100 Å². The summed E-state index contributed by atoms with van der Waals surface area (Å²) in [6, 6.07) is 0.429. The predicted molar refractivity (Wildman–Crippen MR) is 65.0 cm³/mol. The molecule has 1 N–H and O–H groups in total. The highest BCUT2D eigenvalue weighted by Gasteiger charge is 2.40. The van der Waals surface area contributed by atoms with Crippen LogP contribution in [0.4, 0.5) is 0 Å². The van der Waals surface area contributed by atoms with Gasteiger partial charge >= 0.3 is 0 Å². The minimum atomic E-state index is 0.306. The standard InChI is InChI=1S/C12H20BrNO/c1-8-6-10(8)12(15)14-11-5-3-2-4-9(11)7-13/h8-11H,2-7H2,1H3,(H,14,15). The zero-order valence-corrected chi connectivity index (χ0v) is 10.9. The van der Waals surface area contributed by atoms with Crippen LogP contribution < -0.4 is 5.32 Å². The van der Waals surface area contributed by atoms with E-state index in [1.54, 1.807) is 0 Å². The van der Waals surface area contributed by atoms with Gasteiger partial charge in [-0.05, 0) is 31.1 Å². The van der Waals surface area contributed by atoms with E-state index < -0.39 is 0 Å². The lowest BCUT2D eigenvalue weighted by Gasteiger charge is -2.31. The minimum absolute atomic E-state index is 0.306. The molecule has 15 heavy (non-hydrogen) atoms. The molecule has 4 unspecified atom stereocenters. The highest BCUT2D eigenvalue weighted by Crippen LogP contribution is 2.38. The fourth-order valence-corrected chi connectivity index (χ4v) is 3.33. The van der Waals surface area contributed by atoms with Crippen LogP contribution in [0.25, 0.3) is 0 Å². The summed E-state index contributed by atoms with van der Waals surface area (Å²) < 4.78 is 0. The summed E-state index contributed by atoms with van der Waals surface area (Å²) in [5.41, 5.74) is 0. The van der Waals surface area contributed by atoms with E-state index in [2.05, 4.69) is 28.2 Å². The number of hydrogen-bond acceptors (Lipinski definition) is 1. The summed E-state index contributed by atoms with van der Waals surface area (Å²) >= 11 is 3.55. The Morgan fingerprint density at radius 1 is 1.40 bits per heavy atom. The number of rotatable bonds is 3. The van der Waals surface area contributed by atoms with Crippen LogP contribution in [0.15, 0.2) is 0 Å². The van der Waals surface area contributed by atoms with Crippen molar-refractivity contribution in [3.05, 3.63) is 0 Å². The maximum Gasteiger partial charge on any atom is 0.223 e. The number of hydrogen-bond donors (Lipinski definition) is 1. The average Bonchev–Trinajstić information content (AvgIpc) is 2.96. The summed E-state index contributed by atoms with van der Waals surface area (Å²) in [6.07, 6.45) is 6.12. The Morgan fingerprint density at radius 2 is 2.07 bits per heavy atom. The average molecular weight is 274 g/mol. The van der Waals surface area contributed by atoms with Gasteiger partial charge in [-0.1, -0.05) is 35.7 Å². The first-order chi connectivity index (χ1) is 7.22. The lowest BCUT2D eigenvalue weighted by atomic mass is 9.86. The molecule has 0 aliphatic heterocycles. The molecule has 0 aromatic carbocycles. The summed E-state index contributed by atoms with van der Waals surface area (Å²) in [5.74, 6) is 1.90. The van der Waals surface area contributed by atoms with Crippen molar-refractivity contribution in [3.8, 4) is 0 Å². The normalized spacial score (nSPS) is 39.9. The van der Waals surface area contributed by atoms with Crippen LogP contribution in [0, 0.1) is 17.8 Å². The van der Waals surface area contributed by atoms with Crippen LogP contribution in [-0.4, -0.2) is 17.3 Å². The van der Waals surface area contributed by atoms with Gasteiger partial charge in [-0.25, -0.2) is 0 Å². The Bertz CT molecular complexity index is 244. The third-order valence-corrected chi connectivity index (χ3v) is 4.71. The lowest BCUT2D eigenvalue weighted by molar-refractivity contribution is -0.123. The molecule has 0 radical (unpaired) electrons.